The fourth-order valence-corrected chi connectivity index (χ4v) is 2.32. The van der Waals surface area contributed by atoms with Crippen molar-refractivity contribution in [2.45, 2.75) is 44.9 Å². The van der Waals surface area contributed by atoms with Crippen molar-refractivity contribution in [1.29, 1.82) is 0 Å². The highest BCUT2D eigenvalue weighted by Crippen LogP contribution is 2.25. The highest BCUT2D eigenvalue weighted by Gasteiger charge is 2.34. The first-order chi connectivity index (χ1) is 10.2. The predicted molar refractivity (Wildman–Crippen MR) is 76.3 cm³/mol. The summed E-state index contributed by atoms with van der Waals surface area (Å²) in [6.07, 6.45) is 1.54. The van der Waals surface area contributed by atoms with Crippen LogP contribution in [0.1, 0.15) is 33.2 Å². The quantitative estimate of drug-likeness (QED) is 0.651. The zero-order chi connectivity index (χ0) is 16.5. The van der Waals surface area contributed by atoms with Crippen molar-refractivity contribution in [2.24, 2.45) is 0 Å². The summed E-state index contributed by atoms with van der Waals surface area (Å²) >= 11 is 0. The maximum atomic E-state index is 12.0. The molecule has 0 spiro atoms. The van der Waals surface area contributed by atoms with Crippen LogP contribution in [0.2, 0.25) is 0 Å². The number of hydrogen-bond donors (Lipinski definition) is 1. The van der Waals surface area contributed by atoms with Crippen LogP contribution in [0, 0.1) is 10.1 Å². The second-order valence-electron chi connectivity index (χ2n) is 6.29. The van der Waals surface area contributed by atoms with Crippen LogP contribution in [0.4, 0.5) is 10.5 Å². The van der Waals surface area contributed by atoms with Crippen molar-refractivity contribution in [1.82, 2.24) is 14.7 Å². The highest BCUT2D eigenvalue weighted by atomic mass is 16.6. The number of rotatable bonds is 2. The molecule has 9 heteroatoms. The molecule has 0 bridgehead atoms. The molecule has 2 atom stereocenters. The first-order valence-electron chi connectivity index (χ1n) is 7.02. The third-order valence-corrected chi connectivity index (χ3v) is 3.34. The molecule has 0 radical (unpaired) electrons. The van der Waals surface area contributed by atoms with Gasteiger partial charge in [0.25, 0.3) is 0 Å². The molecule has 1 amide bonds. The smallest absolute Gasteiger partial charge is 0.410 e. The van der Waals surface area contributed by atoms with Gasteiger partial charge >= 0.3 is 11.8 Å². The highest BCUT2D eigenvalue weighted by molar-refractivity contribution is 5.68. The van der Waals surface area contributed by atoms with Gasteiger partial charge in [0.2, 0.25) is 0 Å². The van der Waals surface area contributed by atoms with Gasteiger partial charge in [0.1, 0.15) is 18.0 Å². The Morgan fingerprint density at radius 1 is 1.55 bits per heavy atom. The average Bonchev–Trinajstić information content (AvgIpc) is 2.86. The SMILES string of the molecule is CC(C)(C)OC(=O)N1CCC(n2cc([N+](=O)[O-])cn2)C(O)C1. The normalized spacial score (nSPS) is 22.5. The van der Waals surface area contributed by atoms with E-state index in [1.807, 2.05) is 0 Å². The number of aliphatic hydroxyl groups is 1. The van der Waals surface area contributed by atoms with E-state index in [4.69, 9.17) is 4.74 Å². The first-order valence-corrected chi connectivity index (χ1v) is 7.02. The minimum atomic E-state index is -0.860. The number of hydrogen-bond acceptors (Lipinski definition) is 6. The summed E-state index contributed by atoms with van der Waals surface area (Å²) in [4.78, 5) is 23.5. The molecule has 1 aliphatic rings. The van der Waals surface area contributed by atoms with Crippen LogP contribution in [-0.4, -0.2) is 55.6 Å². The number of aromatic nitrogens is 2. The Kier molecular flexibility index (Phi) is 4.36. The van der Waals surface area contributed by atoms with Crippen LogP contribution in [0.25, 0.3) is 0 Å². The molecule has 0 aliphatic carbocycles. The largest absolute Gasteiger partial charge is 0.444 e. The average molecular weight is 312 g/mol. The Hall–Kier alpha value is -2.16. The third-order valence-electron chi connectivity index (χ3n) is 3.34. The minimum absolute atomic E-state index is 0.104. The molecule has 122 valence electrons. The summed E-state index contributed by atoms with van der Waals surface area (Å²) in [5, 5.41) is 24.8. The topological polar surface area (TPSA) is 111 Å². The molecule has 0 aromatic carbocycles. The lowest BCUT2D eigenvalue weighted by atomic mass is 10.0. The molecule has 1 aromatic rings. The van der Waals surface area contributed by atoms with Crippen molar-refractivity contribution in [2.75, 3.05) is 13.1 Å². The fraction of sp³-hybridized carbons (Fsp3) is 0.692. The number of piperidine rings is 1. The lowest BCUT2D eigenvalue weighted by Crippen LogP contribution is -2.48. The van der Waals surface area contributed by atoms with Gasteiger partial charge in [-0.2, -0.15) is 5.10 Å². The van der Waals surface area contributed by atoms with E-state index >= 15 is 0 Å². The van der Waals surface area contributed by atoms with Crippen molar-refractivity contribution in [3.05, 3.63) is 22.5 Å². The van der Waals surface area contributed by atoms with E-state index in [0.29, 0.717) is 13.0 Å². The Balaban J connectivity index is 2.00. The van der Waals surface area contributed by atoms with Gasteiger partial charge < -0.3 is 14.7 Å². The summed E-state index contributed by atoms with van der Waals surface area (Å²) in [5.41, 5.74) is -0.719. The van der Waals surface area contributed by atoms with Crippen molar-refractivity contribution in [3.63, 3.8) is 0 Å². The molecule has 1 aliphatic heterocycles. The van der Waals surface area contributed by atoms with Crippen molar-refractivity contribution in [3.8, 4) is 0 Å². The molecule has 2 unspecified atom stereocenters. The van der Waals surface area contributed by atoms with Gasteiger partial charge in [0.05, 0.1) is 23.6 Å². The van der Waals surface area contributed by atoms with Gasteiger partial charge in [-0.3, -0.25) is 14.8 Å². The van der Waals surface area contributed by atoms with E-state index in [0.717, 1.165) is 6.20 Å². The molecule has 2 heterocycles. The van der Waals surface area contributed by atoms with E-state index < -0.39 is 28.8 Å². The van der Waals surface area contributed by atoms with Crippen LogP contribution in [0.3, 0.4) is 0 Å². The summed E-state index contributed by atoms with van der Waals surface area (Å²) < 4.78 is 6.65. The van der Waals surface area contributed by atoms with Crippen LogP contribution in [0.5, 0.6) is 0 Å². The summed E-state index contributed by atoms with van der Waals surface area (Å²) in [5.74, 6) is 0. The maximum Gasteiger partial charge on any atom is 0.410 e. The first kappa shape index (κ1) is 16.2. The molecule has 0 saturated carbocycles. The standard InChI is InChI=1S/C13H20N4O5/c1-13(2,3)22-12(19)15-5-4-10(11(18)8-15)16-7-9(6-14-16)17(20)21/h6-7,10-11,18H,4-5,8H2,1-3H3. The number of amides is 1. The van der Waals surface area contributed by atoms with Gasteiger partial charge in [-0.05, 0) is 27.2 Å². The number of ether oxygens (including phenoxy) is 1. The predicted octanol–water partition coefficient (Wildman–Crippen LogP) is 1.33. The molecule has 1 N–H and O–H groups in total. The third kappa shape index (κ3) is 3.73. The Morgan fingerprint density at radius 3 is 2.73 bits per heavy atom. The molecule has 22 heavy (non-hydrogen) atoms. The van der Waals surface area contributed by atoms with Gasteiger partial charge in [0.15, 0.2) is 0 Å². The second kappa shape index (κ2) is 5.91. The monoisotopic (exact) mass is 312 g/mol. The van der Waals surface area contributed by atoms with E-state index in [1.54, 1.807) is 20.8 Å². The summed E-state index contributed by atoms with van der Waals surface area (Å²) in [6.45, 7) is 5.82. The van der Waals surface area contributed by atoms with E-state index in [2.05, 4.69) is 5.10 Å². The fourth-order valence-electron chi connectivity index (χ4n) is 2.32. The molecule has 9 nitrogen and oxygen atoms in total. The second-order valence-corrected chi connectivity index (χ2v) is 6.29. The van der Waals surface area contributed by atoms with Gasteiger partial charge in [-0.15, -0.1) is 0 Å². The Bertz CT molecular complexity index is 565. The summed E-state index contributed by atoms with van der Waals surface area (Å²) in [7, 11) is 0. The zero-order valence-electron chi connectivity index (χ0n) is 12.8. The van der Waals surface area contributed by atoms with E-state index in [9.17, 15) is 20.0 Å². The number of β-amino-alcohol motifs (C(OH)–C–C–N with tert-alkyl or cyclic N) is 1. The molecule has 2 rings (SSSR count). The molecule has 1 aromatic heterocycles. The van der Waals surface area contributed by atoms with Crippen molar-refractivity contribution >= 4 is 11.8 Å². The van der Waals surface area contributed by atoms with Gasteiger partial charge in [0, 0.05) is 6.54 Å². The lowest BCUT2D eigenvalue weighted by molar-refractivity contribution is -0.385. The zero-order valence-corrected chi connectivity index (χ0v) is 12.8. The Labute approximate surface area is 127 Å². The molecular weight excluding hydrogens is 292 g/mol. The number of nitro groups is 1. The van der Waals surface area contributed by atoms with Crippen LogP contribution in [0.15, 0.2) is 12.4 Å². The molecular formula is C13H20N4O5. The number of aliphatic hydroxyl groups excluding tert-OH is 1. The van der Waals surface area contributed by atoms with Crippen molar-refractivity contribution < 1.29 is 19.6 Å². The number of nitrogens with zero attached hydrogens (tertiary/aromatic N) is 4. The van der Waals surface area contributed by atoms with Gasteiger partial charge in [-0.25, -0.2) is 4.79 Å². The number of carbonyl (C=O) groups is 1. The lowest BCUT2D eigenvalue weighted by Gasteiger charge is -2.36. The summed E-state index contributed by atoms with van der Waals surface area (Å²) in [6, 6.07) is -0.396. The Morgan fingerprint density at radius 2 is 2.23 bits per heavy atom. The van der Waals surface area contributed by atoms with Crippen LogP contribution >= 0.6 is 0 Å². The number of likely N-dealkylation sites (tertiary alicyclic amines) is 1. The van der Waals surface area contributed by atoms with Gasteiger partial charge in [-0.1, -0.05) is 0 Å². The molecule has 1 saturated heterocycles. The van der Waals surface area contributed by atoms with E-state index in [-0.39, 0.29) is 12.2 Å². The van der Waals surface area contributed by atoms with Crippen LogP contribution < -0.4 is 0 Å². The van der Waals surface area contributed by atoms with E-state index in [1.165, 1.54) is 15.8 Å². The minimum Gasteiger partial charge on any atom is -0.444 e. The number of carbonyl (C=O) groups excluding carboxylic acids is 1. The molecule has 1 fully saturated rings. The van der Waals surface area contributed by atoms with Crippen LogP contribution in [-0.2, 0) is 4.74 Å². The maximum absolute atomic E-state index is 12.0.